The monoisotopic (exact) mass is 254 g/mol. The maximum Gasteiger partial charge on any atom is 0.435 e. The molecule has 5 nitrogen and oxygen atoms in total. The minimum absolute atomic E-state index is 0.0295. The highest BCUT2D eigenvalue weighted by atomic mass is 19.4. The first kappa shape index (κ1) is 13.9. The summed E-state index contributed by atoms with van der Waals surface area (Å²) < 4.78 is 37.6. The summed E-state index contributed by atoms with van der Waals surface area (Å²) >= 11 is 0. The van der Waals surface area contributed by atoms with E-state index in [0.29, 0.717) is 0 Å². The second kappa shape index (κ2) is 5.03. The lowest BCUT2D eigenvalue weighted by molar-refractivity contribution is -0.143. The second-order valence-corrected chi connectivity index (χ2v) is 3.63. The standard InChI is InChI=1S/C9H13F3N2O3/c1-4-6(7(17)5(16)2-3-15)8(14-13-4)9(10,11)12/h5,7,15-17H,2-3H2,1H3,(H,13,14). The van der Waals surface area contributed by atoms with Crippen LogP contribution in [-0.2, 0) is 6.18 Å². The molecule has 1 aromatic rings. The molecule has 0 radical (unpaired) electrons. The number of nitrogens with one attached hydrogen (secondary N) is 1. The highest BCUT2D eigenvalue weighted by molar-refractivity contribution is 5.29. The Kier molecular flexibility index (Phi) is 4.12. The lowest BCUT2D eigenvalue weighted by Gasteiger charge is -2.18. The smallest absolute Gasteiger partial charge is 0.396 e. The summed E-state index contributed by atoms with van der Waals surface area (Å²) in [6.07, 6.45) is -8.14. The fourth-order valence-electron chi connectivity index (χ4n) is 1.50. The van der Waals surface area contributed by atoms with Crippen LogP contribution in [0.1, 0.15) is 29.5 Å². The van der Waals surface area contributed by atoms with Crippen molar-refractivity contribution >= 4 is 0 Å². The van der Waals surface area contributed by atoms with Crippen molar-refractivity contribution < 1.29 is 28.5 Å². The summed E-state index contributed by atoms with van der Waals surface area (Å²) in [5, 5.41) is 32.7. The number of aryl methyl sites for hydroxylation is 1. The van der Waals surface area contributed by atoms with Crippen molar-refractivity contribution in [1.82, 2.24) is 10.2 Å². The number of halogens is 3. The van der Waals surface area contributed by atoms with Gasteiger partial charge in [-0.25, -0.2) is 0 Å². The summed E-state index contributed by atoms with van der Waals surface area (Å²) in [6.45, 7) is 0.878. The second-order valence-electron chi connectivity index (χ2n) is 3.63. The molecule has 0 saturated carbocycles. The quantitative estimate of drug-likeness (QED) is 0.630. The molecule has 2 atom stereocenters. The normalized spacial score (nSPS) is 15.9. The van der Waals surface area contributed by atoms with Gasteiger partial charge in [-0.2, -0.15) is 18.3 Å². The first-order valence-corrected chi connectivity index (χ1v) is 4.88. The van der Waals surface area contributed by atoms with Gasteiger partial charge in [-0.05, 0) is 13.3 Å². The van der Waals surface area contributed by atoms with Gasteiger partial charge in [-0.15, -0.1) is 0 Å². The molecule has 0 fully saturated rings. The Balaban J connectivity index is 3.08. The van der Waals surface area contributed by atoms with Crippen LogP contribution in [0.4, 0.5) is 13.2 Å². The largest absolute Gasteiger partial charge is 0.435 e. The van der Waals surface area contributed by atoms with E-state index in [-0.39, 0.29) is 12.1 Å². The molecule has 1 heterocycles. The highest BCUT2D eigenvalue weighted by Gasteiger charge is 2.40. The number of nitrogens with zero attached hydrogens (tertiary/aromatic N) is 1. The van der Waals surface area contributed by atoms with E-state index >= 15 is 0 Å². The van der Waals surface area contributed by atoms with Crippen molar-refractivity contribution in [2.75, 3.05) is 6.61 Å². The molecular formula is C9H13F3N2O3. The van der Waals surface area contributed by atoms with E-state index in [1.165, 1.54) is 6.92 Å². The minimum Gasteiger partial charge on any atom is -0.396 e. The summed E-state index contributed by atoms with van der Waals surface area (Å²) in [4.78, 5) is 0. The molecule has 17 heavy (non-hydrogen) atoms. The van der Waals surface area contributed by atoms with Gasteiger partial charge in [0.05, 0.1) is 6.10 Å². The number of aliphatic hydroxyl groups is 3. The first-order chi connectivity index (χ1) is 7.79. The van der Waals surface area contributed by atoms with Crippen LogP contribution in [-0.4, -0.2) is 38.2 Å². The first-order valence-electron chi connectivity index (χ1n) is 4.88. The third kappa shape index (κ3) is 2.96. The van der Waals surface area contributed by atoms with Gasteiger partial charge < -0.3 is 15.3 Å². The number of aliphatic hydroxyl groups excluding tert-OH is 3. The van der Waals surface area contributed by atoms with Gasteiger partial charge >= 0.3 is 6.18 Å². The average molecular weight is 254 g/mol. The minimum atomic E-state index is -4.71. The van der Waals surface area contributed by atoms with Crippen molar-refractivity contribution in [3.8, 4) is 0 Å². The van der Waals surface area contributed by atoms with E-state index in [4.69, 9.17) is 5.11 Å². The molecular weight excluding hydrogens is 241 g/mol. The van der Waals surface area contributed by atoms with Gasteiger partial charge in [0.25, 0.3) is 0 Å². The molecule has 0 aliphatic heterocycles. The van der Waals surface area contributed by atoms with Crippen molar-refractivity contribution in [3.05, 3.63) is 17.0 Å². The number of hydrogen-bond donors (Lipinski definition) is 4. The van der Waals surface area contributed by atoms with Crippen LogP contribution in [0.25, 0.3) is 0 Å². The maximum atomic E-state index is 12.5. The molecule has 2 unspecified atom stereocenters. The van der Waals surface area contributed by atoms with Gasteiger partial charge in [-0.3, -0.25) is 5.10 Å². The van der Waals surface area contributed by atoms with Crippen LogP contribution in [0.3, 0.4) is 0 Å². The number of H-pyrrole nitrogens is 1. The highest BCUT2D eigenvalue weighted by Crippen LogP contribution is 2.35. The lowest BCUT2D eigenvalue weighted by atomic mass is 10.00. The van der Waals surface area contributed by atoms with Gasteiger partial charge in [0.2, 0.25) is 0 Å². The summed E-state index contributed by atoms with van der Waals surface area (Å²) in [5.74, 6) is 0. The molecule has 98 valence electrons. The number of alkyl halides is 3. The van der Waals surface area contributed by atoms with Crippen molar-refractivity contribution in [2.24, 2.45) is 0 Å². The summed E-state index contributed by atoms with van der Waals surface area (Å²) in [5.41, 5.74) is -1.71. The average Bonchev–Trinajstić information content (AvgIpc) is 2.59. The molecule has 1 rings (SSSR count). The van der Waals surface area contributed by atoms with E-state index in [1.54, 1.807) is 0 Å². The van der Waals surface area contributed by atoms with Gasteiger partial charge in [0.15, 0.2) is 5.69 Å². The zero-order chi connectivity index (χ0) is 13.2. The molecule has 1 aromatic heterocycles. The Labute approximate surface area is 94.9 Å². The van der Waals surface area contributed by atoms with Crippen LogP contribution in [0, 0.1) is 6.92 Å². The Hall–Kier alpha value is -1.12. The van der Waals surface area contributed by atoms with E-state index < -0.39 is 36.2 Å². The van der Waals surface area contributed by atoms with Crippen LogP contribution >= 0.6 is 0 Å². The molecule has 0 spiro atoms. The van der Waals surface area contributed by atoms with E-state index in [0.717, 1.165) is 0 Å². The molecule has 0 aliphatic carbocycles. The molecule has 0 amide bonds. The third-order valence-corrected chi connectivity index (χ3v) is 2.35. The van der Waals surface area contributed by atoms with Crippen LogP contribution in [0.2, 0.25) is 0 Å². The van der Waals surface area contributed by atoms with Gasteiger partial charge in [0.1, 0.15) is 6.10 Å². The van der Waals surface area contributed by atoms with Gasteiger partial charge in [0, 0.05) is 17.9 Å². The van der Waals surface area contributed by atoms with E-state index in [2.05, 4.69) is 10.2 Å². The predicted octanol–water partition coefficient (Wildman–Crippen LogP) is 0.514. The number of rotatable bonds is 4. The van der Waals surface area contributed by atoms with E-state index in [9.17, 15) is 23.4 Å². The topological polar surface area (TPSA) is 89.4 Å². The Morgan fingerprint density at radius 2 is 1.94 bits per heavy atom. The van der Waals surface area contributed by atoms with Crippen molar-refractivity contribution in [2.45, 2.75) is 31.7 Å². The zero-order valence-electron chi connectivity index (χ0n) is 8.99. The molecule has 0 bridgehead atoms. The van der Waals surface area contributed by atoms with Crippen LogP contribution < -0.4 is 0 Å². The van der Waals surface area contributed by atoms with Crippen molar-refractivity contribution in [1.29, 1.82) is 0 Å². The summed E-state index contributed by atoms with van der Waals surface area (Å²) in [7, 11) is 0. The van der Waals surface area contributed by atoms with Crippen molar-refractivity contribution in [3.63, 3.8) is 0 Å². The van der Waals surface area contributed by atoms with Crippen LogP contribution in [0.15, 0.2) is 0 Å². The zero-order valence-corrected chi connectivity index (χ0v) is 8.99. The molecule has 4 N–H and O–H groups in total. The fourth-order valence-corrected chi connectivity index (χ4v) is 1.50. The lowest BCUT2D eigenvalue weighted by Crippen LogP contribution is -2.22. The molecule has 8 heteroatoms. The Morgan fingerprint density at radius 3 is 2.41 bits per heavy atom. The molecule has 0 saturated heterocycles. The number of aromatic amines is 1. The van der Waals surface area contributed by atoms with Crippen LogP contribution in [0.5, 0.6) is 0 Å². The number of aromatic nitrogens is 2. The van der Waals surface area contributed by atoms with E-state index in [1.807, 2.05) is 0 Å². The third-order valence-electron chi connectivity index (χ3n) is 2.35. The fraction of sp³-hybridized carbons (Fsp3) is 0.667. The predicted molar refractivity (Wildman–Crippen MR) is 51.0 cm³/mol. The SMILES string of the molecule is Cc1[nH]nc(C(F)(F)F)c1C(O)C(O)CCO. The molecule has 0 aromatic carbocycles. The number of hydrogen-bond acceptors (Lipinski definition) is 4. The summed E-state index contributed by atoms with van der Waals surface area (Å²) in [6, 6.07) is 0. The van der Waals surface area contributed by atoms with Gasteiger partial charge in [-0.1, -0.05) is 0 Å². The maximum absolute atomic E-state index is 12.5. The Morgan fingerprint density at radius 1 is 1.35 bits per heavy atom. The Bertz CT molecular complexity index is 378. The molecule has 0 aliphatic rings.